The normalized spacial score (nSPS) is 13.7. The fourth-order valence-corrected chi connectivity index (χ4v) is 2.58. The predicted octanol–water partition coefficient (Wildman–Crippen LogP) is 1.29. The molecule has 0 fully saturated rings. The lowest BCUT2D eigenvalue weighted by Crippen LogP contribution is -2.23. The quantitative estimate of drug-likeness (QED) is 0.298. The topological polar surface area (TPSA) is 98.9 Å². The van der Waals surface area contributed by atoms with Crippen molar-refractivity contribution in [2.24, 2.45) is 0 Å². The van der Waals surface area contributed by atoms with E-state index in [1.807, 2.05) is 0 Å². The van der Waals surface area contributed by atoms with Gasteiger partial charge in [0.1, 0.15) is 0 Å². The number of nitro groups is 1. The number of rotatable bonds is 9. The lowest BCUT2D eigenvalue weighted by molar-refractivity contribution is -0.486. The molecule has 0 radical (unpaired) electrons. The maximum atomic E-state index is 11.9. The van der Waals surface area contributed by atoms with Gasteiger partial charge < -0.3 is 14.2 Å². The van der Waals surface area contributed by atoms with Gasteiger partial charge in [-0.05, 0) is 0 Å². The summed E-state index contributed by atoms with van der Waals surface area (Å²) in [4.78, 5) is 9.35. The number of alkyl halides is 2. The third kappa shape index (κ3) is 5.98. The summed E-state index contributed by atoms with van der Waals surface area (Å²) in [6, 6.07) is 0. The molecule has 16 heavy (non-hydrogen) atoms. The third-order valence-corrected chi connectivity index (χ3v) is 3.66. The highest BCUT2D eigenvalue weighted by Crippen LogP contribution is 2.52. The Hall–Kier alpha value is 0.0900. The zero-order valence-corrected chi connectivity index (χ0v) is 10.7. The van der Waals surface area contributed by atoms with Crippen LogP contribution in [0.3, 0.4) is 0 Å². The first-order valence-electron chi connectivity index (χ1n) is 4.27. The van der Waals surface area contributed by atoms with E-state index in [9.17, 15) is 19.8 Å². The lowest BCUT2D eigenvalue weighted by Gasteiger charge is -2.20. The van der Waals surface area contributed by atoms with Crippen LogP contribution in [0.2, 0.25) is 0 Å². The van der Waals surface area contributed by atoms with Crippen molar-refractivity contribution in [3.8, 4) is 0 Å². The second-order valence-corrected chi connectivity index (χ2v) is 5.53. The molecule has 0 unspecified atom stereocenters. The van der Waals surface area contributed by atoms with Gasteiger partial charge in [-0.1, -0.05) is 0 Å². The highest BCUT2D eigenvalue weighted by atomic mass is 35.5. The van der Waals surface area contributed by atoms with Gasteiger partial charge in [0.05, 0.1) is 13.2 Å². The molecule has 0 bridgehead atoms. The molecule has 7 nitrogen and oxygen atoms in total. The summed E-state index contributed by atoms with van der Waals surface area (Å²) in [5, 5.41) is 19.5. The Morgan fingerprint density at radius 3 is 2.06 bits per heavy atom. The van der Waals surface area contributed by atoms with Gasteiger partial charge in [0.2, 0.25) is 12.4 Å². The third-order valence-electron chi connectivity index (χ3n) is 1.37. The SMILES string of the molecule is O=[N+]([O-])C[C@H](O)P(=O)(OCCCl)OCCCl. The van der Waals surface area contributed by atoms with E-state index in [4.69, 9.17) is 32.2 Å². The zero-order valence-electron chi connectivity index (χ0n) is 8.25. The molecule has 0 saturated carbocycles. The Labute approximate surface area is 102 Å². The van der Waals surface area contributed by atoms with Crippen LogP contribution in [0.1, 0.15) is 0 Å². The molecule has 96 valence electrons. The molecule has 0 aromatic carbocycles. The second kappa shape index (κ2) is 8.22. The molecule has 0 heterocycles. The van der Waals surface area contributed by atoms with Crippen molar-refractivity contribution in [3.05, 3.63) is 10.1 Å². The van der Waals surface area contributed by atoms with Crippen LogP contribution in [0.15, 0.2) is 0 Å². The first-order chi connectivity index (χ1) is 7.46. The minimum absolute atomic E-state index is 0.0272. The molecule has 1 N–H and O–H groups in total. The minimum Gasteiger partial charge on any atom is -0.375 e. The smallest absolute Gasteiger partial charge is 0.365 e. The summed E-state index contributed by atoms with van der Waals surface area (Å²) < 4.78 is 21.3. The van der Waals surface area contributed by atoms with Crippen LogP contribution >= 0.6 is 30.8 Å². The molecule has 1 atom stereocenters. The number of halogens is 2. The van der Waals surface area contributed by atoms with Gasteiger partial charge in [0, 0.05) is 16.7 Å². The van der Waals surface area contributed by atoms with Crippen LogP contribution in [0.5, 0.6) is 0 Å². The van der Waals surface area contributed by atoms with Crippen molar-refractivity contribution < 1.29 is 23.6 Å². The van der Waals surface area contributed by atoms with Crippen molar-refractivity contribution in [1.82, 2.24) is 0 Å². The van der Waals surface area contributed by atoms with Gasteiger partial charge in [-0.15, -0.1) is 23.2 Å². The largest absolute Gasteiger partial charge is 0.375 e. The van der Waals surface area contributed by atoms with E-state index in [1.165, 1.54) is 0 Å². The Kier molecular flexibility index (Phi) is 8.27. The molecular weight excluding hydrogens is 284 g/mol. The number of hydrogen-bond acceptors (Lipinski definition) is 6. The van der Waals surface area contributed by atoms with Crippen LogP contribution in [0.4, 0.5) is 0 Å². The number of aliphatic hydroxyl groups is 1. The fourth-order valence-electron chi connectivity index (χ4n) is 0.766. The predicted molar refractivity (Wildman–Crippen MR) is 58.8 cm³/mol. The summed E-state index contributed by atoms with van der Waals surface area (Å²) in [5.41, 5.74) is 0. The molecular formula is C6H12Cl2NO6P. The van der Waals surface area contributed by atoms with Gasteiger partial charge in [-0.3, -0.25) is 14.7 Å². The van der Waals surface area contributed by atoms with Crippen molar-refractivity contribution in [2.75, 3.05) is 31.5 Å². The summed E-state index contributed by atoms with van der Waals surface area (Å²) >= 11 is 10.6. The van der Waals surface area contributed by atoms with E-state index in [0.29, 0.717) is 0 Å². The molecule has 0 saturated heterocycles. The fraction of sp³-hybridized carbons (Fsp3) is 1.00. The highest BCUT2D eigenvalue weighted by molar-refractivity contribution is 7.54. The average molecular weight is 296 g/mol. The number of hydrogen-bond donors (Lipinski definition) is 1. The maximum absolute atomic E-state index is 11.9. The van der Waals surface area contributed by atoms with Crippen LogP contribution in [0.25, 0.3) is 0 Å². The van der Waals surface area contributed by atoms with E-state index in [1.54, 1.807) is 0 Å². The maximum Gasteiger partial charge on any atom is 0.365 e. The standard InChI is InChI=1S/C6H12Cl2NO6P/c7-1-3-14-16(13,15-4-2-8)6(10)5-9(11)12/h6,10H,1-5H2/t6-/m1/s1. The number of nitrogens with zero attached hydrogens (tertiary/aromatic N) is 1. The van der Waals surface area contributed by atoms with Gasteiger partial charge in [-0.2, -0.15) is 0 Å². The highest BCUT2D eigenvalue weighted by Gasteiger charge is 2.38. The van der Waals surface area contributed by atoms with E-state index < -0.39 is 24.9 Å². The Morgan fingerprint density at radius 2 is 1.75 bits per heavy atom. The Balaban J connectivity index is 4.49. The monoisotopic (exact) mass is 295 g/mol. The minimum atomic E-state index is -3.95. The summed E-state index contributed by atoms with van der Waals surface area (Å²) in [6.45, 7) is -1.21. The molecule has 10 heteroatoms. The molecule has 0 spiro atoms. The summed E-state index contributed by atoms with van der Waals surface area (Å²) in [6.07, 6.45) is 0. The average Bonchev–Trinajstić information content (AvgIpc) is 2.22. The van der Waals surface area contributed by atoms with Crippen LogP contribution < -0.4 is 0 Å². The zero-order chi connectivity index (χ0) is 12.6. The molecule has 0 aliphatic rings. The van der Waals surface area contributed by atoms with Crippen molar-refractivity contribution in [3.63, 3.8) is 0 Å². The van der Waals surface area contributed by atoms with Crippen molar-refractivity contribution in [1.29, 1.82) is 0 Å². The van der Waals surface area contributed by atoms with Gasteiger partial charge in [0.15, 0.2) is 0 Å². The number of aliphatic hydroxyl groups excluding tert-OH is 1. The van der Waals surface area contributed by atoms with E-state index in [2.05, 4.69) is 0 Å². The van der Waals surface area contributed by atoms with Gasteiger partial charge in [-0.25, -0.2) is 0 Å². The van der Waals surface area contributed by atoms with Crippen molar-refractivity contribution >= 4 is 30.8 Å². The van der Waals surface area contributed by atoms with E-state index >= 15 is 0 Å². The summed E-state index contributed by atoms with van der Waals surface area (Å²) in [5.74, 6) is -1.77. The van der Waals surface area contributed by atoms with Crippen LogP contribution in [-0.4, -0.2) is 47.4 Å². The molecule has 0 rings (SSSR count). The van der Waals surface area contributed by atoms with E-state index in [-0.39, 0.29) is 25.0 Å². The second-order valence-electron chi connectivity index (χ2n) is 2.58. The first-order valence-corrected chi connectivity index (χ1v) is 6.95. The van der Waals surface area contributed by atoms with E-state index in [0.717, 1.165) is 0 Å². The molecule has 0 aliphatic heterocycles. The van der Waals surface area contributed by atoms with Crippen LogP contribution in [0, 0.1) is 10.1 Å². The first kappa shape index (κ1) is 16.1. The molecule has 0 aromatic rings. The van der Waals surface area contributed by atoms with Crippen LogP contribution in [-0.2, 0) is 13.6 Å². The summed E-state index contributed by atoms with van der Waals surface area (Å²) in [7, 11) is -3.95. The van der Waals surface area contributed by atoms with Crippen molar-refractivity contribution in [2.45, 2.75) is 5.85 Å². The van der Waals surface area contributed by atoms with Gasteiger partial charge in [0.25, 0.3) is 0 Å². The molecule has 0 aliphatic carbocycles. The molecule has 0 amide bonds. The lowest BCUT2D eigenvalue weighted by atomic mass is 10.7. The Morgan fingerprint density at radius 1 is 1.31 bits per heavy atom. The molecule has 0 aromatic heterocycles. The Bertz CT molecular complexity index is 253. The van der Waals surface area contributed by atoms with Gasteiger partial charge >= 0.3 is 7.60 Å².